The van der Waals surface area contributed by atoms with Gasteiger partial charge in [-0.1, -0.05) is 0 Å². The van der Waals surface area contributed by atoms with Gasteiger partial charge in [0.1, 0.15) is 5.69 Å². The smallest absolute Gasteiger partial charge is 0.267 e. The predicted octanol–water partition coefficient (Wildman–Crippen LogP) is 0.477. The fourth-order valence-corrected chi connectivity index (χ4v) is 1.51. The van der Waals surface area contributed by atoms with Gasteiger partial charge in [0, 0.05) is 30.3 Å². The Morgan fingerprint density at radius 2 is 2.38 bits per heavy atom. The molecule has 0 saturated carbocycles. The van der Waals surface area contributed by atoms with E-state index in [9.17, 15) is 4.79 Å². The molecule has 1 unspecified atom stereocenters. The predicted molar refractivity (Wildman–Crippen MR) is 65.4 cm³/mol. The van der Waals surface area contributed by atoms with Crippen molar-refractivity contribution in [2.24, 2.45) is 0 Å². The van der Waals surface area contributed by atoms with Crippen LogP contribution in [0.1, 0.15) is 17.4 Å². The van der Waals surface area contributed by atoms with Gasteiger partial charge >= 0.3 is 0 Å². The number of carbonyl (C=O) groups excluding carboxylic acids is 1. The number of nitrogens with one attached hydrogen (secondary N) is 3. The summed E-state index contributed by atoms with van der Waals surface area (Å²) < 4.78 is 0.852. The van der Waals surface area contributed by atoms with E-state index in [2.05, 4.69) is 31.5 Å². The summed E-state index contributed by atoms with van der Waals surface area (Å²) in [6, 6.07) is 1.72. The number of hydrogen-bond donors (Lipinski definition) is 4. The lowest BCUT2D eigenvalue weighted by Gasteiger charge is -2.07. The zero-order chi connectivity index (χ0) is 12.0. The molecule has 1 aromatic heterocycles. The second-order valence-electron chi connectivity index (χ2n) is 3.54. The lowest BCUT2D eigenvalue weighted by molar-refractivity contribution is 0.0949. The van der Waals surface area contributed by atoms with Crippen LogP contribution in [-0.2, 0) is 0 Å². The molecular formula is C10H16BrN3O2. The molecule has 6 heteroatoms. The first kappa shape index (κ1) is 13.2. The van der Waals surface area contributed by atoms with E-state index in [1.54, 1.807) is 19.2 Å². The Morgan fingerprint density at radius 3 is 2.94 bits per heavy atom. The molecule has 0 aliphatic carbocycles. The maximum atomic E-state index is 11.5. The highest BCUT2D eigenvalue weighted by Gasteiger charge is 2.06. The lowest BCUT2D eigenvalue weighted by Crippen LogP contribution is -2.34. The minimum atomic E-state index is -0.366. The van der Waals surface area contributed by atoms with Crippen LogP contribution < -0.4 is 10.6 Å². The molecular weight excluding hydrogens is 274 g/mol. The Kier molecular flexibility index (Phi) is 5.51. The molecule has 1 atom stereocenters. The zero-order valence-electron chi connectivity index (χ0n) is 9.09. The highest BCUT2D eigenvalue weighted by molar-refractivity contribution is 9.10. The van der Waals surface area contributed by atoms with Crippen molar-refractivity contribution in [3.8, 4) is 0 Å². The Balaban J connectivity index is 2.16. The number of hydrogen-bond acceptors (Lipinski definition) is 3. The highest BCUT2D eigenvalue weighted by atomic mass is 79.9. The van der Waals surface area contributed by atoms with Crippen LogP contribution in [-0.4, -0.2) is 41.7 Å². The summed E-state index contributed by atoms with van der Waals surface area (Å²) in [7, 11) is 0. The SMILES string of the molecule is CC(O)CNCCNC(=O)c1cc(Br)c[nH]1. The zero-order valence-corrected chi connectivity index (χ0v) is 10.7. The standard InChI is InChI=1S/C10H16BrN3O2/c1-7(15)5-12-2-3-13-10(16)9-4-8(11)6-14-9/h4,6-7,12,14-15H,2-3,5H2,1H3,(H,13,16). The number of aliphatic hydroxyl groups excluding tert-OH is 1. The largest absolute Gasteiger partial charge is 0.392 e. The minimum Gasteiger partial charge on any atom is -0.392 e. The molecule has 90 valence electrons. The second-order valence-corrected chi connectivity index (χ2v) is 4.46. The number of rotatable bonds is 6. The van der Waals surface area contributed by atoms with Crippen LogP contribution in [0.2, 0.25) is 0 Å². The van der Waals surface area contributed by atoms with Gasteiger partial charge in [-0.25, -0.2) is 0 Å². The average Bonchev–Trinajstić information content (AvgIpc) is 2.63. The number of carbonyl (C=O) groups is 1. The maximum absolute atomic E-state index is 11.5. The summed E-state index contributed by atoms with van der Waals surface area (Å²) in [5.74, 6) is -0.135. The van der Waals surface area contributed by atoms with Crippen molar-refractivity contribution < 1.29 is 9.90 Å². The summed E-state index contributed by atoms with van der Waals surface area (Å²) in [5, 5.41) is 14.7. The molecule has 16 heavy (non-hydrogen) atoms. The minimum absolute atomic E-state index is 0.135. The van der Waals surface area contributed by atoms with E-state index in [4.69, 9.17) is 5.11 Å². The van der Waals surface area contributed by atoms with Gasteiger partial charge in [-0.3, -0.25) is 4.79 Å². The van der Waals surface area contributed by atoms with Crippen LogP contribution in [0.5, 0.6) is 0 Å². The summed E-state index contributed by atoms with van der Waals surface area (Å²) in [4.78, 5) is 14.4. The summed E-state index contributed by atoms with van der Waals surface area (Å²) in [5.41, 5.74) is 0.530. The van der Waals surface area contributed by atoms with Crippen LogP contribution in [0.25, 0.3) is 0 Å². The first-order valence-electron chi connectivity index (χ1n) is 5.10. The van der Waals surface area contributed by atoms with Gasteiger partial charge in [-0.05, 0) is 28.9 Å². The molecule has 5 nitrogen and oxygen atoms in total. The fourth-order valence-electron chi connectivity index (χ4n) is 1.17. The second kappa shape index (κ2) is 6.67. The topological polar surface area (TPSA) is 77.2 Å². The first-order valence-corrected chi connectivity index (χ1v) is 5.90. The number of aromatic amines is 1. The van der Waals surface area contributed by atoms with E-state index >= 15 is 0 Å². The van der Waals surface area contributed by atoms with Crippen molar-refractivity contribution in [1.82, 2.24) is 15.6 Å². The van der Waals surface area contributed by atoms with Gasteiger partial charge in [0.05, 0.1) is 6.10 Å². The number of halogens is 1. The van der Waals surface area contributed by atoms with Gasteiger partial charge in [-0.15, -0.1) is 0 Å². The maximum Gasteiger partial charge on any atom is 0.267 e. The van der Waals surface area contributed by atoms with Crippen molar-refractivity contribution in [2.45, 2.75) is 13.0 Å². The van der Waals surface area contributed by atoms with E-state index < -0.39 is 0 Å². The van der Waals surface area contributed by atoms with Gasteiger partial charge < -0.3 is 20.7 Å². The molecule has 0 aliphatic heterocycles. The third-order valence-electron chi connectivity index (χ3n) is 1.92. The van der Waals surface area contributed by atoms with Crippen LogP contribution in [0, 0.1) is 0 Å². The Morgan fingerprint density at radius 1 is 1.62 bits per heavy atom. The van der Waals surface area contributed by atoms with Crippen molar-refractivity contribution in [3.05, 3.63) is 22.4 Å². The van der Waals surface area contributed by atoms with E-state index in [-0.39, 0.29) is 12.0 Å². The van der Waals surface area contributed by atoms with Gasteiger partial charge in [0.25, 0.3) is 5.91 Å². The Labute approximate surface area is 103 Å². The number of H-pyrrole nitrogens is 1. The van der Waals surface area contributed by atoms with E-state index in [0.717, 1.165) is 4.47 Å². The molecule has 0 bridgehead atoms. The van der Waals surface area contributed by atoms with E-state index in [1.165, 1.54) is 0 Å². The molecule has 0 radical (unpaired) electrons. The third kappa shape index (κ3) is 4.78. The Bertz CT molecular complexity index is 339. The van der Waals surface area contributed by atoms with Crippen molar-refractivity contribution in [2.75, 3.05) is 19.6 Å². The molecule has 0 fully saturated rings. The van der Waals surface area contributed by atoms with Gasteiger partial charge in [0.15, 0.2) is 0 Å². The molecule has 0 aromatic carbocycles. The average molecular weight is 290 g/mol. The van der Waals surface area contributed by atoms with Gasteiger partial charge in [0.2, 0.25) is 0 Å². The summed E-state index contributed by atoms with van der Waals surface area (Å²) in [6.07, 6.45) is 1.34. The lowest BCUT2D eigenvalue weighted by atomic mass is 10.4. The first-order chi connectivity index (χ1) is 7.59. The van der Waals surface area contributed by atoms with Crippen molar-refractivity contribution >= 4 is 21.8 Å². The van der Waals surface area contributed by atoms with Crippen LogP contribution >= 0.6 is 15.9 Å². The van der Waals surface area contributed by atoms with Crippen LogP contribution in [0.4, 0.5) is 0 Å². The van der Waals surface area contributed by atoms with Crippen LogP contribution in [0.3, 0.4) is 0 Å². The fraction of sp³-hybridized carbons (Fsp3) is 0.500. The van der Waals surface area contributed by atoms with Crippen molar-refractivity contribution in [3.63, 3.8) is 0 Å². The molecule has 0 saturated heterocycles. The molecule has 0 aliphatic rings. The third-order valence-corrected chi connectivity index (χ3v) is 2.38. The number of aromatic nitrogens is 1. The molecule has 1 aromatic rings. The molecule has 1 amide bonds. The molecule has 4 N–H and O–H groups in total. The molecule has 1 rings (SSSR count). The number of amides is 1. The van der Waals surface area contributed by atoms with E-state index in [1.807, 2.05) is 0 Å². The van der Waals surface area contributed by atoms with Gasteiger partial charge in [-0.2, -0.15) is 0 Å². The molecule has 0 spiro atoms. The summed E-state index contributed by atoms with van der Waals surface area (Å²) in [6.45, 7) is 3.41. The highest BCUT2D eigenvalue weighted by Crippen LogP contribution is 2.09. The quantitative estimate of drug-likeness (QED) is 0.575. The monoisotopic (exact) mass is 289 g/mol. The van der Waals surface area contributed by atoms with Crippen LogP contribution in [0.15, 0.2) is 16.7 Å². The molecule has 1 heterocycles. The Hall–Kier alpha value is -0.850. The normalized spacial score (nSPS) is 12.4. The van der Waals surface area contributed by atoms with E-state index in [0.29, 0.717) is 25.3 Å². The summed E-state index contributed by atoms with van der Waals surface area (Å²) >= 11 is 3.26. The van der Waals surface area contributed by atoms with Crippen molar-refractivity contribution in [1.29, 1.82) is 0 Å². The number of aliphatic hydroxyl groups is 1.